The molecule has 1 aromatic heterocycles. The van der Waals surface area contributed by atoms with Gasteiger partial charge < -0.3 is 10.2 Å². The monoisotopic (exact) mass is 261 g/mol. The SMILES string of the molecule is CCNCc1ccncc1N1CCC(C(C)(C)C)C1. The number of nitrogens with zero attached hydrogens (tertiary/aromatic N) is 2. The van der Waals surface area contributed by atoms with E-state index in [1.807, 2.05) is 12.4 Å². The summed E-state index contributed by atoms with van der Waals surface area (Å²) in [4.78, 5) is 6.83. The number of anilines is 1. The Balaban J connectivity index is 2.10. The lowest BCUT2D eigenvalue weighted by Gasteiger charge is -2.28. The van der Waals surface area contributed by atoms with Gasteiger partial charge in [0.2, 0.25) is 0 Å². The molecule has 3 nitrogen and oxygen atoms in total. The molecule has 0 spiro atoms. The average Bonchev–Trinajstić information content (AvgIpc) is 2.86. The summed E-state index contributed by atoms with van der Waals surface area (Å²) >= 11 is 0. The van der Waals surface area contributed by atoms with Gasteiger partial charge in [-0.25, -0.2) is 0 Å². The molecule has 1 aliphatic rings. The minimum absolute atomic E-state index is 0.402. The number of pyridine rings is 1. The van der Waals surface area contributed by atoms with Gasteiger partial charge in [-0.3, -0.25) is 4.98 Å². The molecule has 3 heteroatoms. The predicted octanol–water partition coefficient (Wildman–Crippen LogP) is 3.06. The Labute approximate surface area is 117 Å². The molecular formula is C16H27N3. The van der Waals surface area contributed by atoms with Crippen molar-refractivity contribution in [1.82, 2.24) is 10.3 Å². The van der Waals surface area contributed by atoms with Gasteiger partial charge in [0, 0.05) is 25.8 Å². The molecule has 0 radical (unpaired) electrons. The molecule has 1 aromatic rings. The Bertz CT molecular complexity index is 409. The average molecular weight is 261 g/mol. The van der Waals surface area contributed by atoms with Crippen molar-refractivity contribution in [3.63, 3.8) is 0 Å². The number of nitrogens with one attached hydrogen (secondary N) is 1. The van der Waals surface area contributed by atoms with Gasteiger partial charge in [-0.2, -0.15) is 0 Å². The van der Waals surface area contributed by atoms with Gasteiger partial charge in [0.25, 0.3) is 0 Å². The van der Waals surface area contributed by atoms with Crippen molar-refractivity contribution in [3.8, 4) is 0 Å². The van der Waals surface area contributed by atoms with Gasteiger partial charge in [-0.15, -0.1) is 0 Å². The first-order chi connectivity index (χ1) is 9.02. The maximum absolute atomic E-state index is 4.32. The fourth-order valence-corrected chi connectivity index (χ4v) is 2.79. The minimum atomic E-state index is 0.402. The van der Waals surface area contributed by atoms with Crippen LogP contribution in [0.5, 0.6) is 0 Å². The minimum Gasteiger partial charge on any atom is -0.370 e. The zero-order chi connectivity index (χ0) is 13.9. The topological polar surface area (TPSA) is 28.2 Å². The Morgan fingerprint density at radius 3 is 2.84 bits per heavy atom. The van der Waals surface area contributed by atoms with Gasteiger partial charge in [-0.05, 0) is 35.9 Å². The fourth-order valence-electron chi connectivity index (χ4n) is 2.79. The van der Waals surface area contributed by atoms with E-state index in [1.54, 1.807) is 0 Å². The van der Waals surface area contributed by atoms with Crippen molar-refractivity contribution in [2.45, 2.75) is 40.7 Å². The normalized spacial score (nSPS) is 20.0. The van der Waals surface area contributed by atoms with E-state index in [-0.39, 0.29) is 0 Å². The summed E-state index contributed by atoms with van der Waals surface area (Å²) in [7, 11) is 0. The highest BCUT2D eigenvalue weighted by Gasteiger charge is 2.32. The number of rotatable bonds is 4. The molecule has 1 saturated heterocycles. The Kier molecular flexibility index (Phi) is 4.46. The van der Waals surface area contributed by atoms with Crippen LogP contribution in [0.4, 0.5) is 5.69 Å². The fraction of sp³-hybridized carbons (Fsp3) is 0.688. The second-order valence-electron chi connectivity index (χ2n) is 6.58. The summed E-state index contributed by atoms with van der Waals surface area (Å²) < 4.78 is 0. The molecule has 0 aliphatic carbocycles. The van der Waals surface area contributed by atoms with Crippen molar-refractivity contribution in [1.29, 1.82) is 0 Å². The van der Waals surface area contributed by atoms with E-state index in [9.17, 15) is 0 Å². The third kappa shape index (κ3) is 3.47. The van der Waals surface area contributed by atoms with E-state index >= 15 is 0 Å². The molecule has 19 heavy (non-hydrogen) atoms. The third-order valence-electron chi connectivity index (χ3n) is 4.21. The first-order valence-corrected chi connectivity index (χ1v) is 7.41. The van der Waals surface area contributed by atoms with Gasteiger partial charge in [-0.1, -0.05) is 27.7 Å². The molecule has 1 unspecified atom stereocenters. The van der Waals surface area contributed by atoms with Crippen molar-refractivity contribution in [2.75, 3.05) is 24.5 Å². The van der Waals surface area contributed by atoms with Crippen LogP contribution in [0, 0.1) is 11.3 Å². The summed E-state index contributed by atoms with van der Waals surface area (Å²) in [5.74, 6) is 0.777. The van der Waals surface area contributed by atoms with E-state index < -0.39 is 0 Å². The Hall–Kier alpha value is -1.09. The second-order valence-corrected chi connectivity index (χ2v) is 6.58. The summed E-state index contributed by atoms with van der Waals surface area (Å²) in [5.41, 5.74) is 3.08. The second kappa shape index (κ2) is 5.91. The quantitative estimate of drug-likeness (QED) is 0.903. The highest BCUT2D eigenvalue weighted by Crippen LogP contribution is 2.36. The largest absolute Gasteiger partial charge is 0.370 e. The highest BCUT2D eigenvalue weighted by molar-refractivity contribution is 5.52. The van der Waals surface area contributed by atoms with Gasteiger partial charge in [0.05, 0.1) is 11.9 Å². The number of aromatic nitrogens is 1. The van der Waals surface area contributed by atoms with Crippen LogP contribution < -0.4 is 10.2 Å². The van der Waals surface area contributed by atoms with E-state index in [0.29, 0.717) is 5.41 Å². The molecule has 0 aromatic carbocycles. The van der Waals surface area contributed by atoms with Crippen LogP contribution in [-0.4, -0.2) is 24.6 Å². The van der Waals surface area contributed by atoms with Crippen LogP contribution in [0.3, 0.4) is 0 Å². The van der Waals surface area contributed by atoms with Crippen LogP contribution in [0.2, 0.25) is 0 Å². The molecule has 1 fully saturated rings. The summed E-state index contributed by atoms with van der Waals surface area (Å²) in [6.45, 7) is 13.5. The summed E-state index contributed by atoms with van der Waals surface area (Å²) in [6.07, 6.45) is 5.21. The molecular weight excluding hydrogens is 234 g/mol. The Morgan fingerprint density at radius 1 is 1.42 bits per heavy atom. The van der Waals surface area contributed by atoms with Crippen molar-refractivity contribution >= 4 is 5.69 Å². The number of hydrogen-bond acceptors (Lipinski definition) is 3. The van der Waals surface area contributed by atoms with E-state index in [2.05, 4.69) is 49.0 Å². The lowest BCUT2D eigenvalue weighted by Crippen LogP contribution is -2.27. The summed E-state index contributed by atoms with van der Waals surface area (Å²) in [6, 6.07) is 2.14. The van der Waals surface area contributed by atoms with Crippen molar-refractivity contribution < 1.29 is 0 Å². The molecule has 0 bridgehead atoms. The first kappa shape index (κ1) is 14.3. The zero-order valence-corrected chi connectivity index (χ0v) is 12.7. The maximum atomic E-state index is 4.32. The maximum Gasteiger partial charge on any atom is 0.0598 e. The molecule has 1 N–H and O–H groups in total. The van der Waals surface area contributed by atoms with E-state index in [0.717, 1.165) is 32.1 Å². The first-order valence-electron chi connectivity index (χ1n) is 7.41. The van der Waals surface area contributed by atoms with Crippen LogP contribution in [-0.2, 0) is 6.54 Å². The molecule has 2 rings (SSSR count). The van der Waals surface area contributed by atoms with Crippen molar-refractivity contribution in [3.05, 3.63) is 24.0 Å². The smallest absolute Gasteiger partial charge is 0.0598 e. The van der Waals surface area contributed by atoms with E-state index in [1.165, 1.54) is 17.7 Å². The molecule has 0 saturated carbocycles. The molecule has 1 aliphatic heterocycles. The highest BCUT2D eigenvalue weighted by atomic mass is 15.2. The lowest BCUT2D eigenvalue weighted by atomic mass is 9.80. The van der Waals surface area contributed by atoms with Crippen LogP contribution in [0.15, 0.2) is 18.5 Å². The zero-order valence-electron chi connectivity index (χ0n) is 12.7. The predicted molar refractivity (Wildman–Crippen MR) is 81.4 cm³/mol. The van der Waals surface area contributed by atoms with Gasteiger partial charge in [0.1, 0.15) is 0 Å². The van der Waals surface area contributed by atoms with Gasteiger partial charge in [0.15, 0.2) is 0 Å². The summed E-state index contributed by atoms with van der Waals surface area (Å²) in [5, 5.41) is 3.42. The number of hydrogen-bond donors (Lipinski definition) is 1. The molecule has 0 amide bonds. The molecule has 2 heterocycles. The van der Waals surface area contributed by atoms with Crippen LogP contribution in [0.1, 0.15) is 39.7 Å². The Morgan fingerprint density at radius 2 is 2.21 bits per heavy atom. The van der Waals surface area contributed by atoms with Crippen LogP contribution in [0.25, 0.3) is 0 Å². The lowest BCUT2D eigenvalue weighted by molar-refractivity contribution is 0.263. The molecule has 106 valence electrons. The van der Waals surface area contributed by atoms with Gasteiger partial charge >= 0.3 is 0 Å². The van der Waals surface area contributed by atoms with Crippen molar-refractivity contribution in [2.24, 2.45) is 11.3 Å². The third-order valence-corrected chi connectivity index (χ3v) is 4.21. The standard InChI is InChI=1S/C16H27N3/c1-5-17-10-13-6-8-18-11-15(13)19-9-7-14(12-19)16(2,3)4/h6,8,11,14,17H,5,7,9-10,12H2,1-4H3. The molecule has 1 atom stereocenters. The van der Waals surface area contributed by atoms with Crippen LogP contribution >= 0.6 is 0 Å². The van der Waals surface area contributed by atoms with E-state index in [4.69, 9.17) is 0 Å².